The van der Waals surface area contributed by atoms with Gasteiger partial charge >= 0.3 is 0 Å². The molecule has 0 radical (unpaired) electrons. The maximum Gasteiger partial charge on any atom is 0.257 e. The molecule has 1 amide bonds. The van der Waals surface area contributed by atoms with Crippen LogP contribution < -0.4 is 0 Å². The van der Waals surface area contributed by atoms with Crippen LogP contribution >= 0.6 is 0 Å². The summed E-state index contributed by atoms with van der Waals surface area (Å²) < 4.78 is 0. The number of para-hydroxylation sites is 2. The summed E-state index contributed by atoms with van der Waals surface area (Å²) in [5, 5.41) is 0. The highest BCUT2D eigenvalue weighted by Gasteiger charge is 2.32. The molecule has 1 aromatic carbocycles. The fourth-order valence-electron chi connectivity index (χ4n) is 3.00. The normalized spacial score (nSPS) is 18.0. The van der Waals surface area contributed by atoms with Crippen LogP contribution in [0.1, 0.15) is 35.1 Å². The topological polar surface area (TPSA) is 74.8 Å². The molecular weight excluding hydrogens is 278 g/mol. The van der Waals surface area contributed by atoms with E-state index >= 15 is 0 Å². The second-order valence-electron chi connectivity index (χ2n) is 5.42. The Labute approximate surface area is 127 Å². The molecule has 0 aliphatic carbocycles. The molecule has 1 fully saturated rings. The molecule has 1 aliphatic rings. The monoisotopic (exact) mass is 293 g/mol. The lowest BCUT2D eigenvalue weighted by Crippen LogP contribution is -2.31. The number of aromatic amines is 1. The minimum atomic E-state index is -0.0384. The van der Waals surface area contributed by atoms with Gasteiger partial charge in [0.05, 0.1) is 22.6 Å². The summed E-state index contributed by atoms with van der Waals surface area (Å²) >= 11 is 0. The molecule has 2 aromatic heterocycles. The maximum absolute atomic E-state index is 12.7. The van der Waals surface area contributed by atoms with Crippen LogP contribution in [0.25, 0.3) is 11.0 Å². The predicted octanol–water partition coefficient (Wildman–Crippen LogP) is 2.33. The van der Waals surface area contributed by atoms with Crippen LogP contribution in [0.2, 0.25) is 0 Å². The molecule has 3 aromatic rings. The van der Waals surface area contributed by atoms with Crippen molar-refractivity contribution in [2.24, 2.45) is 0 Å². The lowest BCUT2D eigenvalue weighted by Gasteiger charge is -2.22. The number of likely N-dealkylation sites (tertiary alicyclic amines) is 1. The van der Waals surface area contributed by atoms with Crippen LogP contribution in [0.15, 0.2) is 43.0 Å². The minimum absolute atomic E-state index is 0.0138. The molecule has 0 spiro atoms. The van der Waals surface area contributed by atoms with Gasteiger partial charge in [0.25, 0.3) is 5.91 Å². The summed E-state index contributed by atoms with van der Waals surface area (Å²) in [6, 6.07) is 7.90. The number of hydrogen-bond donors (Lipinski definition) is 1. The van der Waals surface area contributed by atoms with Gasteiger partial charge in [0.15, 0.2) is 0 Å². The third kappa shape index (κ3) is 2.13. The number of rotatable bonds is 2. The fraction of sp³-hybridized carbons (Fsp3) is 0.250. The molecule has 4 rings (SSSR count). The number of carbonyl (C=O) groups is 1. The second-order valence-corrected chi connectivity index (χ2v) is 5.42. The number of amides is 1. The molecule has 1 aliphatic heterocycles. The van der Waals surface area contributed by atoms with Gasteiger partial charge in [0.1, 0.15) is 12.2 Å². The third-order valence-corrected chi connectivity index (χ3v) is 4.04. The van der Waals surface area contributed by atoms with Crippen molar-refractivity contribution in [2.45, 2.75) is 18.9 Å². The van der Waals surface area contributed by atoms with Crippen LogP contribution in [0.4, 0.5) is 0 Å². The molecule has 110 valence electrons. The first-order valence-electron chi connectivity index (χ1n) is 7.33. The Morgan fingerprint density at radius 2 is 2.05 bits per heavy atom. The predicted molar refractivity (Wildman–Crippen MR) is 81.1 cm³/mol. The van der Waals surface area contributed by atoms with Crippen molar-refractivity contribution in [3.05, 3.63) is 54.4 Å². The number of aromatic nitrogens is 4. The van der Waals surface area contributed by atoms with E-state index in [1.807, 2.05) is 29.2 Å². The minimum Gasteiger partial charge on any atom is -0.340 e. The molecule has 1 N–H and O–H groups in total. The first-order chi connectivity index (χ1) is 10.8. The Bertz CT molecular complexity index is 781. The smallest absolute Gasteiger partial charge is 0.257 e. The van der Waals surface area contributed by atoms with Crippen LogP contribution in [-0.2, 0) is 0 Å². The fourth-order valence-corrected chi connectivity index (χ4v) is 3.00. The van der Waals surface area contributed by atoms with Crippen molar-refractivity contribution in [3.8, 4) is 0 Å². The Morgan fingerprint density at radius 1 is 1.23 bits per heavy atom. The number of imidazole rings is 1. The first-order valence-corrected chi connectivity index (χ1v) is 7.33. The van der Waals surface area contributed by atoms with Crippen LogP contribution in [0.3, 0.4) is 0 Å². The van der Waals surface area contributed by atoms with Gasteiger partial charge in [-0.3, -0.25) is 4.79 Å². The number of H-pyrrole nitrogens is 1. The van der Waals surface area contributed by atoms with Crippen molar-refractivity contribution < 1.29 is 4.79 Å². The van der Waals surface area contributed by atoms with Crippen molar-refractivity contribution in [2.75, 3.05) is 6.54 Å². The quantitative estimate of drug-likeness (QED) is 0.787. The van der Waals surface area contributed by atoms with Crippen molar-refractivity contribution in [1.29, 1.82) is 0 Å². The second kappa shape index (κ2) is 5.22. The van der Waals surface area contributed by atoms with Gasteiger partial charge in [-0.15, -0.1) is 0 Å². The van der Waals surface area contributed by atoms with E-state index < -0.39 is 0 Å². The van der Waals surface area contributed by atoms with Gasteiger partial charge in [0.2, 0.25) is 0 Å². The van der Waals surface area contributed by atoms with Crippen LogP contribution in [0.5, 0.6) is 0 Å². The zero-order valence-corrected chi connectivity index (χ0v) is 11.9. The highest BCUT2D eigenvalue weighted by molar-refractivity contribution is 5.94. The molecule has 22 heavy (non-hydrogen) atoms. The maximum atomic E-state index is 12.7. The third-order valence-electron chi connectivity index (χ3n) is 4.04. The van der Waals surface area contributed by atoms with Gasteiger partial charge in [-0.25, -0.2) is 15.0 Å². The molecule has 1 atom stereocenters. The van der Waals surface area contributed by atoms with Crippen molar-refractivity contribution >= 4 is 16.9 Å². The van der Waals surface area contributed by atoms with E-state index in [1.54, 1.807) is 12.4 Å². The Balaban J connectivity index is 1.67. The van der Waals surface area contributed by atoms with Crippen LogP contribution in [0, 0.1) is 0 Å². The number of fused-ring (bicyclic) bond motifs is 1. The van der Waals surface area contributed by atoms with E-state index in [0.29, 0.717) is 5.56 Å². The molecule has 6 nitrogen and oxygen atoms in total. The Morgan fingerprint density at radius 3 is 2.86 bits per heavy atom. The summed E-state index contributed by atoms with van der Waals surface area (Å²) in [5.41, 5.74) is 2.45. The average Bonchev–Trinajstić information content (AvgIpc) is 3.21. The highest BCUT2D eigenvalue weighted by Crippen LogP contribution is 2.32. The molecule has 0 saturated carbocycles. The Kier molecular flexibility index (Phi) is 3.07. The van der Waals surface area contributed by atoms with Gasteiger partial charge in [-0.05, 0) is 25.0 Å². The van der Waals surface area contributed by atoms with Crippen molar-refractivity contribution in [3.63, 3.8) is 0 Å². The number of benzene rings is 1. The number of nitrogens with zero attached hydrogens (tertiary/aromatic N) is 4. The largest absolute Gasteiger partial charge is 0.340 e. The number of hydrogen-bond acceptors (Lipinski definition) is 4. The number of carbonyl (C=O) groups excluding carboxylic acids is 1. The number of nitrogens with one attached hydrogen (secondary N) is 1. The van der Waals surface area contributed by atoms with Crippen LogP contribution in [-0.4, -0.2) is 37.3 Å². The van der Waals surface area contributed by atoms with Gasteiger partial charge in [-0.1, -0.05) is 12.1 Å². The van der Waals surface area contributed by atoms with E-state index in [2.05, 4.69) is 19.9 Å². The Hall–Kier alpha value is -2.76. The molecule has 1 saturated heterocycles. The summed E-state index contributed by atoms with van der Waals surface area (Å²) in [5.74, 6) is 0.812. The summed E-state index contributed by atoms with van der Waals surface area (Å²) in [7, 11) is 0. The standard InChI is InChI=1S/C16H15N5O/c22-16(11-8-17-10-18-9-11)21-7-3-6-14(21)15-19-12-4-1-2-5-13(12)20-15/h1-2,4-5,8-10,14H,3,6-7H2,(H,19,20)/t14-/m0/s1. The van der Waals surface area contributed by atoms with Crippen molar-refractivity contribution in [1.82, 2.24) is 24.8 Å². The lowest BCUT2D eigenvalue weighted by atomic mass is 10.2. The van der Waals surface area contributed by atoms with Gasteiger partial charge in [-0.2, -0.15) is 0 Å². The van der Waals surface area contributed by atoms with Gasteiger partial charge < -0.3 is 9.88 Å². The summed E-state index contributed by atoms with van der Waals surface area (Å²) in [4.78, 5) is 30.3. The highest BCUT2D eigenvalue weighted by atomic mass is 16.2. The zero-order valence-electron chi connectivity index (χ0n) is 11.9. The van der Waals surface area contributed by atoms with E-state index in [1.165, 1.54) is 6.33 Å². The van der Waals surface area contributed by atoms with E-state index in [0.717, 1.165) is 36.2 Å². The molecule has 0 bridgehead atoms. The molecule has 3 heterocycles. The SMILES string of the molecule is O=C(c1cncnc1)N1CCC[C@H]1c1nc2ccccc2[nH]1. The average molecular weight is 293 g/mol. The van der Waals surface area contributed by atoms with E-state index in [9.17, 15) is 4.79 Å². The summed E-state index contributed by atoms with van der Waals surface area (Å²) in [6.45, 7) is 0.732. The molecular formula is C16H15N5O. The summed E-state index contributed by atoms with van der Waals surface area (Å²) in [6.07, 6.45) is 6.44. The lowest BCUT2D eigenvalue weighted by molar-refractivity contribution is 0.0729. The van der Waals surface area contributed by atoms with E-state index in [-0.39, 0.29) is 11.9 Å². The zero-order chi connectivity index (χ0) is 14.9. The molecule has 6 heteroatoms. The first kappa shape index (κ1) is 12.9. The van der Waals surface area contributed by atoms with Gasteiger partial charge in [0, 0.05) is 18.9 Å². The van der Waals surface area contributed by atoms with E-state index in [4.69, 9.17) is 0 Å². The molecule has 0 unspecified atom stereocenters.